The van der Waals surface area contributed by atoms with Gasteiger partial charge in [0.25, 0.3) is 11.5 Å². The zero-order chi connectivity index (χ0) is 21.8. The van der Waals surface area contributed by atoms with Crippen molar-refractivity contribution in [1.82, 2.24) is 14.9 Å². The topological polar surface area (TPSA) is 95.6 Å². The SMILES string of the molecule is COCCN(Cc1nc2ccccc2c(=O)[nH]1)C(=O)c1cccc(N2CCCC2=O)c1. The molecular formula is C23H24N4O4. The Balaban J connectivity index is 1.61. The molecule has 2 amide bonds. The molecule has 160 valence electrons. The molecule has 1 aliphatic rings. The van der Waals surface area contributed by atoms with Gasteiger partial charge in [-0.05, 0) is 36.8 Å². The lowest BCUT2D eigenvalue weighted by molar-refractivity contribution is -0.117. The third-order valence-corrected chi connectivity index (χ3v) is 5.33. The number of anilines is 1. The first-order valence-corrected chi connectivity index (χ1v) is 10.2. The van der Waals surface area contributed by atoms with Crippen LogP contribution in [0.25, 0.3) is 10.9 Å². The Morgan fingerprint density at radius 3 is 2.81 bits per heavy atom. The predicted molar refractivity (Wildman–Crippen MR) is 117 cm³/mol. The van der Waals surface area contributed by atoms with Gasteiger partial charge in [-0.25, -0.2) is 4.98 Å². The molecule has 1 fully saturated rings. The van der Waals surface area contributed by atoms with Gasteiger partial charge in [-0.1, -0.05) is 18.2 Å². The quantitative estimate of drug-likeness (QED) is 0.633. The number of nitrogens with one attached hydrogen (secondary N) is 1. The van der Waals surface area contributed by atoms with E-state index in [2.05, 4.69) is 9.97 Å². The van der Waals surface area contributed by atoms with Crippen molar-refractivity contribution in [2.45, 2.75) is 19.4 Å². The second-order valence-electron chi connectivity index (χ2n) is 7.45. The summed E-state index contributed by atoms with van der Waals surface area (Å²) in [5, 5.41) is 0.504. The fourth-order valence-electron chi connectivity index (χ4n) is 3.75. The van der Waals surface area contributed by atoms with Gasteiger partial charge in [-0.3, -0.25) is 14.4 Å². The molecule has 0 unspecified atom stereocenters. The van der Waals surface area contributed by atoms with E-state index in [-0.39, 0.29) is 23.9 Å². The summed E-state index contributed by atoms with van der Waals surface area (Å²) in [6, 6.07) is 14.2. The van der Waals surface area contributed by atoms with Crippen LogP contribution in [0.2, 0.25) is 0 Å². The summed E-state index contributed by atoms with van der Waals surface area (Å²) in [5.74, 6) is 0.249. The molecule has 0 spiro atoms. The van der Waals surface area contributed by atoms with Gasteiger partial charge in [-0.15, -0.1) is 0 Å². The first-order valence-electron chi connectivity index (χ1n) is 10.2. The molecule has 0 radical (unpaired) electrons. The van der Waals surface area contributed by atoms with E-state index in [0.29, 0.717) is 48.4 Å². The standard InChI is InChI=1S/C23H24N4O4/c1-31-13-12-26(15-20-24-19-9-3-2-8-18(19)22(29)25-20)23(30)16-6-4-7-17(14-16)27-11-5-10-21(27)28/h2-4,6-9,14H,5,10-13,15H2,1H3,(H,24,25,29). The van der Waals surface area contributed by atoms with Crippen molar-refractivity contribution in [3.05, 3.63) is 70.3 Å². The summed E-state index contributed by atoms with van der Waals surface area (Å²) in [6.45, 7) is 1.47. The maximum atomic E-state index is 13.3. The molecule has 0 aliphatic carbocycles. The summed E-state index contributed by atoms with van der Waals surface area (Å²) in [6.07, 6.45) is 1.34. The third kappa shape index (κ3) is 4.49. The molecule has 2 aromatic carbocycles. The zero-order valence-electron chi connectivity index (χ0n) is 17.3. The van der Waals surface area contributed by atoms with Gasteiger partial charge in [0.05, 0.1) is 24.1 Å². The van der Waals surface area contributed by atoms with Crippen LogP contribution in [0.3, 0.4) is 0 Å². The highest BCUT2D eigenvalue weighted by Gasteiger charge is 2.23. The summed E-state index contributed by atoms with van der Waals surface area (Å²) < 4.78 is 5.17. The number of methoxy groups -OCH3 is 1. The minimum absolute atomic E-state index is 0.0683. The van der Waals surface area contributed by atoms with Crippen LogP contribution < -0.4 is 10.5 Å². The molecule has 1 N–H and O–H groups in total. The Labute approximate surface area is 179 Å². The zero-order valence-corrected chi connectivity index (χ0v) is 17.3. The summed E-state index contributed by atoms with van der Waals surface area (Å²) in [5.41, 5.74) is 1.53. The van der Waals surface area contributed by atoms with Crippen LogP contribution in [-0.2, 0) is 16.1 Å². The highest BCUT2D eigenvalue weighted by molar-refractivity contribution is 5.99. The number of benzene rings is 2. The van der Waals surface area contributed by atoms with Gasteiger partial charge in [0, 0.05) is 37.9 Å². The van der Waals surface area contributed by atoms with Crippen LogP contribution in [0.1, 0.15) is 29.0 Å². The number of amides is 2. The summed E-state index contributed by atoms with van der Waals surface area (Å²) >= 11 is 0. The van der Waals surface area contributed by atoms with Gasteiger partial charge in [0.15, 0.2) is 0 Å². The number of carbonyl (C=O) groups is 2. The van der Waals surface area contributed by atoms with Crippen LogP contribution in [-0.4, -0.2) is 53.5 Å². The average Bonchev–Trinajstić information content (AvgIpc) is 3.22. The fraction of sp³-hybridized carbons (Fsp3) is 0.304. The number of hydrogen-bond acceptors (Lipinski definition) is 5. The Hall–Kier alpha value is -3.52. The Bertz CT molecular complexity index is 1170. The molecule has 31 heavy (non-hydrogen) atoms. The number of aromatic amines is 1. The number of nitrogens with zero attached hydrogens (tertiary/aromatic N) is 3. The lowest BCUT2D eigenvalue weighted by Gasteiger charge is -2.23. The molecule has 1 aliphatic heterocycles. The lowest BCUT2D eigenvalue weighted by atomic mass is 10.1. The average molecular weight is 420 g/mol. The number of para-hydroxylation sites is 1. The largest absolute Gasteiger partial charge is 0.383 e. The van der Waals surface area contributed by atoms with E-state index in [1.54, 1.807) is 53.3 Å². The number of hydrogen-bond donors (Lipinski definition) is 1. The Kier molecular flexibility index (Phi) is 6.08. The first-order chi connectivity index (χ1) is 15.1. The molecule has 0 saturated carbocycles. The molecule has 1 aromatic heterocycles. The first kappa shape index (κ1) is 20.7. The van der Waals surface area contributed by atoms with E-state index >= 15 is 0 Å². The van der Waals surface area contributed by atoms with Crippen molar-refractivity contribution >= 4 is 28.4 Å². The number of fused-ring (bicyclic) bond motifs is 1. The van der Waals surface area contributed by atoms with Crippen LogP contribution in [0.15, 0.2) is 53.3 Å². The van der Waals surface area contributed by atoms with Crippen LogP contribution >= 0.6 is 0 Å². The van der Waals surface area contributed by atoms with E-state index in [1.165, 1.54) is 0 Å². The Morgan fingerprint density at radius 1 is 1.19 bits per heavy atom. The molecule has 2 heterocycles. The summed E-state index contributed by atoms with van der Waals surface area (Å²) in [7, 11) is 1.57. The molecule has 3 aromatic rings. The van der Waals surface area contributed by atoms with Crippen molar-refractivity contribution in [1.29, 1.82) is 0 Å². The molecule has 0 atom stereocenters. The minimum Gasteiger partial charge on any atom is -0.383 e. The predicted octanol–water partition coefficient (Wildman–Crippen LogP) is 2.34. The van der Waals surface area contributed by atoms with Gasteiger partial charge in [0.2, 0.25) is 5.91 Å². The summed E-state index contributed by atoms with van der Waals surface area (Å²) in [4.78, 5) is 48.3. The van der Waals surface area contributed by atoms with E-state index in [9.17, 15) is 14.4 Å². The second-order valence-corrected chi connectivity index (χ2v) is 7.45. The van der Waals surface area contributed by atoms with Gasteiger partial charge >= 0.3 is 0 Å². The van der Waals surface area contributed by atoms with E-state index in [0.717, 1.165) is 12.1 Å². The van der Waals surface area contributed by atoms with Gasteiger partial charge in [-0.2, -0.15) is 0 Å². The molecule has 0 bridgehead atoms. The van der Waals surface area contributed by atoms with E-state index < -0.39 is 0 Å². The fourth-order valence-corrected chi connectivity index (χ4v) is 3.75. The third-order valence-electron chi connectivity index (χ3n) is 5.33. The second kappa shape index (κ2) is 9.09. The number of ether oxygens (including phenoxy) is 1. The van der Waals surface area contributed by atoms with Crippen molar-refractivity contribution in [3.8, 4) is 0 Å². The van der Waals surface area contributed by atoms with Crippen molar-refractivity contribution in [3.63, 3.8) is 0 Å². The normalized spacial score (nSPS) is 13.7. The van der Waals surface area contributed by atoms with Crippen molar-refractivity contribution in [2.75, 3.05) is 31.7 Å². The molecule has 8 nitrogen and oxygen atoms in total. The molecule has 1 saturated heterocycles. The van der Waals surface area contributed by atoms with Gasteiger partial charge in [0.1, 0.15) is 5.82 Å². The number of H-pyrrole nitrogens is 1. The highest BCUT2D eigenvalue weighted by Crippen LogP contribution is 2.23. The lowest BCUT2D eigenvalue weighted by Crippen LogP contribution is -2.35. The van der Waals surface area contributed by atoms with Crippen molar-refractivity contribution < 1.29 is 14.3 Å². The van der Waals surface area contributed by atoms with E-state index in [1.807, 2.05) is 12.1 Å². The number of rotatable bonds is 7. The van der Waals surface area contributed by atoms with Crippen molar-refractivity contribution in [2.24, 2.45) is 0 Å². The monoisotopic (exact) mass is 420 g/mol. The molecule has 8 heteroatoms. The van der Waals surface area contributed by atoms with Crippen LogP contribution in [0, 0.1) is 0 Å². The Morgan fingerprint density at radius 2 is 2.03 bits per heavy atom. The van der Waals surface area contributed by atoms with Crippen LogP contribution in [0.5, 0.6) is 0 Å². The minimum atomic E-state index is -0.241. The van der Waals surface area contributed by atoms with E-state index in [4.69, 9.17) is 4.74 Å². The number of aromatic nitrogens is 2. The molecular weight excluding hydrogens is 396 g/mol. The van der Waals surface area contributed by atoms with Crippen LogP contribution in [0.4, 0.5) is 5.69 Å². The highest BCUT2D eigenvalue weighted by atomic mass is 16.5. The van der Waals surface area contributed by atoms with Gasteiger partial charge < -0.3 is 19.5 Å². The maximum Gasteiger partial charge on any atom is 0.258 e. The number of carbonyl (C=O) groups excluding carboxylic acids is 2. The molecule has 4 rings (SSSR count). The smallest absolute Gasteiger partial charge is 0.258 e. The maximum absolute atomic E-state index is 13.3.